The molecule has 2 rings (SSSR count). The van der Waals surface area contributed by atoms with Crippen molar-refractivity contribution in [1.29, 1.82) is 0 Å². The van der Waals surface area contributed by atoms with Crippen LogP contribution >= 0.6 is 12.4 Å². The van der Waals surface area contributed by atoms with Gasteiger partial charge in [0.25, 0.3) is 0 Å². The molecular formula is C16H25ClN2O3S. The molecule has 1 aromatic rings. The molecule has 2 atom stereocenters. The van der Waals surface area contributed by atoms with Crippen LogP contribution in [0.15, 0.2) is 29.2 Å². The predicted molar refractivity (Wildman–Crippen MR) is 93.5 cm³/mol. The van der Waals surface area contributed by atoms with E-state index in [1.54, 1.807) is 31.2 Å². The number of hydrogen-bond donors (Lipinski definition) is 1. The van der Waals surface area contributed by atoms with E-state index in [1.165, 1.54) is 0 Å². The average molecular weight is 361 g/mol. The van der Waals surface area contributed by atoms with Crippen molar-refractivity contribution in [3.63, 3.8) is 0 Å². The number of hydrogen-bond acceptors (Lipinski definition) is 4. The van der Waals surface area contributed by atoms with Gasteiger partial charge in [0.15, 0.2) is 9.84 Å². The summed E-state index contributed by atoms with van der Waals surface area (Å²) in [5.41, 5.74) is 6.52. The first-order valence-corrected chi connectivity index (χ1v) is 9.33. The second kappa shape index (κ2) is 8.13. The molecule has 0 saturated carbocycles. The number of carbonyl (C=O) groups excluding carboxylic acids is 1. The molecule has 1 aliphatic heterocycles. The second-order valence-electron chi connectivity index (χ2n) is 5.96. The molecule has 0 spiro atoms. The molecule has 1 aliphatic rings. The van der Waals surface area contributed by atoms with Crippen LogP contribution in [0.2, 0.25) is 0 Å². The summed E-state index contributed by atoms with van der Waals surface area (Å²) >= 11 is 0. The van der Waals surface area contributed by atoms with Gasteiger partial charge in [-0.1, -0.05) is 19.1 Å². The molecule has 5 nitrogen and oxygen atoms in total. The Kier molecular flexibility index (Phi) is 7.04. The van der Waals surface area contributed by atoms with E-state index in [1.807, 2.05) is 11.8 Å². The van der Waals surface area contributed by atoms with E-state index in [4.69, 9.17) is 5.73 Å². The SMILES string of the molecule is CCS(=O)(=O)c1ccc(CC(=O)N2CC(CN)CC2C)cc1.Cl. The Morgan fingerprint density at radius 1 is 1.30 bits per heavy atom. The van der Waals surface area contributed by atoms with Crippen LogP contribution in [0.1, 0.15) is 25.8 Å². The molecule has 1 amide bonds. The molecule has 2 unspecified atom stereocenters. The van der Waals surface area contributed by atoms with E-state index in [2.05, 4.69) is 0 Å². The highest BCUT2D eigenvalue weighted by molar-refractivity contribution is 7.91. The van der Waals surface area contributed by atoms with Crippen LogP contribution < -0.4 is 5.73 Å². The van der Waals surface area contributed by atoms with Gasteiger partial charge in [-0.05, 0) is 43.5 Å². The van der Waals surface area contributed by atoms with E-state index in [-0.39, 0.29) is 30.1 Å². The fourth-order valence-corrected chi connectivity index (χ4v) is 3.80. The summed E-state index contributed by atoms with van der Waals surface area (Å²) < 4.78 is 23.5. The van der Waals surface area contributed by atoms with Crippen molar-refractivity contribution in [1.82, 2.24) is 4.90 Å². The lowest BCUT2D eigenvalue weighted by Crippen LogP contribution is -2.35. The van der Waals surface area contributed by atoms with Crippen molar-refractivity contribution in [2.75, 3.05) is 18.8 Å². The number of halogens is 1. The number of nitrogens with two attached hydrogens (primary N) is 1. The number of nitrogens with zero attached hydrogens (tertiary/aromatic N) is 1. The van der Waals surface area contributed by atoms with Crippen molar-refractivity contribution in [2.24, 2.45) is 11.7 Å². The molecule has 1 fully saturated rings. The monoisotopic (exact) mass is 360 g/mol. The molecule has 1 aromatic carbocycles. The van der Waals surface area contributed by atoms with Crippen LogP contribution in [0, 0.1) is 5.92 Å². The van der Waals surface area contributed by atoms with E-state index in [0.29, 0.717) is 23.8 Å². The topological polar surface area (TPSA) is 80.5 Å². The molecule has 1 heterocycles. The largest absolute Gasteiger partial charge is 0.339 e. The number of carbonyl (C=O) groups is 1. The van der Waals surface area contributed by atoms with Crippen molar-refractivity contribution < 1.29 is 13.2 Å². The smallest absolute Gasteiger partial charge is 0.227 e. The molecule has 0 bridgehead atoms. The maximum absolute atomic E-state index is 12.4. The molecule has 7 heteroatoms. The maximum Gasteiger partial charge on any atom is 0.227 e. The lowest BCUT2D eigenvalue weighted by molar-refractivity contribution is -0.131. The molecule has 2 N–H and O–H groups in total. The minimum atomic E-state index is -3.19. The van der Waals surface area contributed by atoms with Gasteiger partial charge in [-0.2, -0.15) is 0 Å². The van der Waals surface area contributed by atoms with Crippen LogP contribution in [-0.2, 0) is 21.1 Å². The highest BCUT2D eigenvalue weighted by Gasteiger charge is 2.31. The maximum atomic E-state index is 12.4. The summed E-state index contributed by atoms with van der Waals surface area (Å²) in [5.74, 6) is 0.544. The van der Waals surface area contributed by atoms with Crippen LogP contribution in [0.4, 0.5) is 0 Å². The van der Waals surface area contributed by atoms with Gasteiger partial charge in [-0.3, -0.25) is 4.79 Å². The highest BCUT2D eigenvalue weighted by atomic mass is 35.5. The summed E-state index contributed by atoms with van der Waals surface area (Å²) in [5, 5.41) is 0. The summed E-state index contributed by atoms with van der Waals surface area (Å²) in [6.07, 6.45) is 1.25. The lowest BCUT2D eigenvalue weighted by Gasteiger charge is -2.21. The average Bonchev–Trinajstić information content (AvgIpc) is 2.89. The number of likely N-dealkylation sites (tertiary alicyclic amines) is 1. The molecule has 23 heavy (non-hydrogen) atoms. The van der Waals surface area contributed by atoms with Gasteiger partial charge in [0, 0.05) is 12.6 Å². The molecule has 0 aromatic heterocycles. The van der Waals surface area contributed by atoms with Gasteiger partial charge >= 0.3 is 0 Å². The normalized spacial score (nSPS) is 21.1. The van der Waals surface area contributed by atoms with Gasteiger partial charge in [0.2, 0.25) is 5.91 Å². The van der Waals surface area contributed by atoms with E-state index in [0.717, 1.165) is 18.5 Å². The fourth-order valence-electron chi connectivity index (χ4n) is 2.92. The van der Waals surface area contributed by atoms with Gasteiger partial charge in [-0.15, -0.1) is 12.4 Å². The third-order valence-corrected chi connectivity index (χ3v) is 6.08. The van der Waals surface area contributed by atoms with E-state index >= 15 is 0 Å². The van der Waals surface area contributed by atoms with Gasteiger partial charge in [0.05, 0.1) is 17.1 Å². The first-order valence-electron chi connectivity index (χ1n) is 7.68. The van der Waals surface area contributed by atoms with Crippen molar-refractivity contribution >= 4 is 28.2 Å². The zero-order valence-corrected chi connectivity index (χ0v) is 15.2. The molecule has 0 aliphatic carbocycles. The van der Waals surface area contributed by atoms with Gasteiger partial charge in [0.1, 0.15) is 0 Å². The van der Waals surface area contributed by atoms with Crippen LogP contribution in [0.3, 0.4) is 0 Å². The van der Waals surface area contributed by atoms with E-state index < -0.39 is 9.84 Å². The number of rotatable bonds is 5. The zero-order chi connectivity index (χ0) is 16.3. The van der Waals surface area contributed by atoms with Crippen LogP contribution in [0.25, 0.3) is 0 Å². The Balaban J connectivity index is 0.00000264. The Hall–Kier alpha value is -1.11. The van der Waals surface area contributed by atoms with Crippen LogP contribution in [0.5, 0.6) is 0 Å². The first-order chi connectivity index (χ1) is 10.4. The molecule has 1 saturated heterocycles. The Bertz CT molecular complexity index is 631. The minimum Gasteiger partial charge on any atom is -0.339 e. The third-order valence-electron chi connectivity index (χ3n) is 4.33. The first kappa shape index (κ1) is 19.9. The van der Waals surface area contributed by atoms with Gasteiger partial charge in [-0.25, -0.2) is 8.42 Å². The summed E-state index contributed by atoms with van der Waals surface area (Å²) in [6.45, 7) is 5.00. The Morgan fingerprint density at radius 2 is 1.91 bits per heavy atom. The molecule has 130 valence electrons. The second-order valence-corrected chi connectivity index (χ2v) is 8.23. The number of amides is 1. The summed E-state index contributed by atoms with van der Waals surface area (Å²) in [7, 11) is -3.19. The quantitative estimate of drug-likeness (QED) is 0.865. The standard InChI is InChI=1S/C16H24N2O3S.ClH/c1-3-22(20,21)15-6-4-13(5-7-15)9-16(19)18-11-14(10-17)8-12(18)2;/h4-7,12,14H,3,8-11,17H2,1-2H3;1H. The van der Waals surface area contributed by atoms with Crippen LogP contribution in [-0.4, -0.2) is 44.1 Å². The van der Waals surface area contributed by atoms with Crippen molar-refractivity contribution in [2.45, 2.75) is 37.6 Å². The number of benzene rings is 1. The molecular weight excluding hydrogens is 336 g/mol. The van der Waals surface area contributed by atoms with Crippen molar-refractivity contribution in [3.05, 3.63) is 29.8 Å². The fraction of sp³-hybridized carbons (Fsp3) is 0.562. The third kappa shape index (κ3) is 4.68. The molecule has 0 radical (unpaired) electrons. The lowest BCUT2D eigenvalue weighted by atomic mass is 10.1. The zero-order valence-electron chi connectivity index (χ0n) is 13.6. The van der Waals surface area contributed by atoms with E-state index in [9.17, 15) is 13.2 Å². The van der Waals surface area contributed by atoms with Gasteiger partial charge < -0.3 is 10.6 Å². The highest BCUT2D eigenvalue weighted by Crippen LogP contribution is 2.23. The number of sulfone groups is 1. The minimum absolute atomic E-state index is 0. The Labute approximate surface area is 144 Å². The predicted octanol–water partition coefficient (Wildman–Crippen LogP) is 1.64. The summed E-state index contributed by atoms with van der Waals surface area (Å²) in [6, 6.07) is 6.83. The summed E-state index contributed by atoms with van der Waals surface area (Å²) in [4.78, 5) is 14.6. The van der Waals surface area contributed by atoms with Crippen molar-refractivity contribution in [3.8, 4) is 0 Å². The Morgan fingerprint density at radius 3 is 2.39 bits per heavy atom.